The van der Waals surface area contributed by atoms with Crippen LogP contribution in [0.4, 0.5) is 5.69 Å². The number of amides is 1. The van der Waals surface area contributed by atoms with Crippen LogP contribution < -0.4 is 14.8 Å². The smallest absolute Gasteiger partial charge is 0.266 e. The van der Waals surface area contributed by atoms with E-state index >= 15 is 0 Å². The lowest BCUT2D eigenvalue weighted by Crippen LogP contribution is -2.13. The number of carbonyl (C=O) groups excluding carboxylic acids is 1. The number of nitrogens with one attached hydrogen (secondary N) is 1. The van der Waals surface area contributed by atoms with Crippen LogP contribution in [0.3, 0.4) is 0 Å². The molecule has 0 fully saturated rings. The third-order valence-electron chi connectivity index (χ3n) is 5.37. The van der Waals surface area contributed by atoms with Crippen LogP contribution in [0.2, 0.25) is 10.0 Å². The molecule has 1 amide bonds. The van der Waals surface area contributed by atoms with Crippen molar-refractivity contribution < 1.29 is 14.3 Å². The maximum absolute atomic E-state index is 12.7. The summed E-state index contributed by atoms with van der Waals surface area (Å²) in [4.78, 5) is 12.7. The molecule has 0 aromatic heterocycles. The van der Waals surface area contributed by atoms with Crippen molar-refractivity contribution >= 4 is 56.8 Å². The first-order valence-corrected chi connectivity index (χ1v) is 13.0. The van der Waals surface area contributed by atoms with Gasteiger partial charge in [0.1, 0.15) is 36.4 Å². The van der Waals surface area contributed by atoms with Gasteiger partial charge in [-0.3, -0.25) is 4.79 Å². The van der Waals surface area contributed by atoms with Gasteiger partial charge in [-0.2, -0.15) is 5.26 Å². The normalized spacial score (nSPS) is 10.9. The predicted octanol–water partition coefficient (Wildman–Crippen LogP) is 8.46. The van der Waals surface area contributed by atoms with Gasteiger partial charge in [0, 0.05) is 15.2 Å². The fourth-order valence-electron chi connectivity index (χ4n) is 3.36. The van der Waals surface area contributed by atoms with Gasteiger partial charge in [-0.1, -0.05) is 69.5 Å². The summed E-state index contributed by atoms with van der Waals surface area (Å²) in [5.74, 6) is 0.620. The molecule has 4 aromatic rings. The van der Waals surface area contributed by atoms with Gasteiger partial charge < -0.3 is 14.8 Å². The quantitative estimate of drug-likeness (QED) is 0.153. The molecule has 0 unspecified atom stereocenters. The van der Waals surface area contributed by atoms with E-state index in [0.29, 0.717) is 46.0 Å². The average molecular weight is 608 g/mol. The van der Waals surface area contributed by atoms with Crippen molar-refractivity contribution in [2.45, 2.75) is 13.2 Å². The van der Waals surface area contributed by atoms with Crippen molar-refractivity contribution in [3.8, 4) is 17.6 Å². The lowest BCUT2D eigenvalue weighted by molar-refractivity contribution is -0.112. The van der Waals surface area contributed by atoms with Gasteiger partial charge in [0.15, 0.2) is 0 Å². The first-order valence-electron chi connectivity index (χ1n) is 11.5. The maximum atomic E-state index is 12.7. The van der Waals surface area contributed by atoms with Crippen molar-refractivity contribution in [3.63, 3.8) is 0 Å². The third-order valence-corrected chi connectivity index (χ3v) is 6.45. The minimum atomic E-state index is -0.532. The number of nitrogens with zero attached hydrogens (tertiary/aromatic N) is 1. The summed E-state index contributed by atoms with van der Waals surface area (Å²) in [5.41, 5.74) is 3.05. The fraction of sp³-hybridized carbons (Fsp3) is 0.0667. The summed E-state index contributed by atoms with van der Waals surface area (Å²) < 4.78 is 12.6. The van der Waals surface area contributed by atoms with E-state index in [9.17, 15) is 10.1 Å². The Bertz CT molecular complexity index is 1480. The Labute approximate surface area is 239 Å². The molecule has 8 heteroatoms. The number of benzene rings is 4. The Balaban J connectivity index is 1.34. The zero-order chi connectivity index (χ0) is 26.9. The first-order chi connectivity index (χ1) is 18.4. The monoisotopic (exact) mass is 606 g/mol. The number of ether oxygens (including phenoxy) is 2. The average Bonchev–Trinajstić information content (AvgIpc) is 2.92. The van der Waals surface area contributed by atoms with Gasteiger partial charge in [-0.25, -0.2) is 0 Å². The van der Waals surface area contributed by atoms with Gasteiger partial charge >= 0.3 is 0 Å². The van der Waals surface area contributed by atoms with Gasteiger partial charge in [-0.05, 0) is 83.4 Å². The van der Waals surface area contributed by atoms with Crippen molar-refractivity contribution in [2.75, 3.05) is 5.32 Å². The van der Waals surface area contributed by atoms with Crippen LogP contribution in [0.5, 0.6) is 11.5 Å². The van der Waals surface area contributed by atoms with Crippen LogP contribution in [0.15, 0.2) is 101 Å². The molecule has 0 aliphatic rings. The van der Waals surface area contributed by atoms with Crippen LogP contribution in [0.1, 0.15) is 16.7 Å². The molecule has 5 nitrogen and oxygen atoms in total. The summed E-state index contributed by atoms with van der Waals surface area (Å²) in [6, 6.07) is 29.1. The van der Waals surface area contributed by atoms with Crippen molar-refractivity contribution in [2.24, 2.45) is 0 Å². The minimum Gasteiger partial charge on any atom is -0.489 e. The number of halogens is 3. The number of anilines is 1. The second-order valence-electron chi connectivity index (χ2n) is 8.17. The van der Waals surface area contributed by atoms with Crippen LogP contribution in [-0.4, -0.2) is 5.91 Å². The molecule has 0 atom stereocenters. The lowest BCUT2D eigenvalue weighted by Gasteiger charge is -2.10. The highest BCUT2D eigenvalue weighted by Gasteiger charge is 2.11. The van der Waals surface area contributed by atoms with E-state index < -0.39 is 5.91 Å². The number of hydrogen-bond acceptors (Lipinski definition) is 4. The molecule has 0 bridgehead atoms. The first kappa shape index (κ1) is 27.3. The summed E-state index contributed by atoms with van der Waals surface area (Å²) in [6.07, 6.45) is 1.47. The summed E-state index contributed by atoms with van der Waals surface area (Å²) >= 11 is 15.7. The molecule has 0 aliphatic heterocycles. The van der Waals surface area contributed by atoms with E-state index in [0.717, 1.165) is 15.6 Å². The highest BCUT2D eigenvalue weighted by Crippen LogP contribution is 2.28. The van der Waals surface area contributed by atoms with Gasteiger partial charge in [0.2, 0.25) is 0 Å². The van der Waals surface area contributed by atoms with E-state index in [1.165, 1.54) is 6.08 Å². The van der Waals surface area contributed by atoms with Crippen molar-refractivity contribution in [1.29, 1.82) is 5.26 Å². The largest absolute Gasteiger partial charge is 0.489 e. The van der Waals surface area contributed by atoms with E-state index in [1.807, 2.05) is 42.5 Å². The van der Waals surface area contributed by atoms with Gasteiger partial charge in [-0.15, -0.1) is 0 Å². The molecule has 0 aliphatic carbocycles. The van der Waals surface area contributed by atoms with Crippen LogP contribution in [0.25, 0.3) is 6.08 Å². The Kier molecular flexibility index (Phi) is 9.45. The molecule has 0 saturated heterocycles. The highest BCUT2D eigenvalue weighted by molar-refractivity contribution is 9.10. The molecule has 0 saturated carbocycles. The molecule has 0 spiro atoms. The highest BCUT2D eigenvalue weighted by atomic mass is 79.9. The molecule has 4 aromatic carbocycles. The van der Waals surface area contributed by atoms with Crippen molar-refractivity contribution in [3.05, 3.63) is 128 Å². The molecule has 0 radical (unpaired) electrons. The maximum Gasteiger partial charge on any atom is 0.266 e. The summed E-state index contributed by atoms with van der Waals surface area (Å²) in [7, 11) is 0. The molecular formula is C30H21BrCl2N2O3. The molecule has 38 heavy (non-hydrogen) atoms. The van der Waals surface area contributed by atoms with Crippen LogP contribution >= 0.6 is 39.1 Å². The Morgan fingerprint density at radius 1 is 0.868 bits per heavy atom. The standard InChI is InChI=1S/C30H21BrCl2N2O3/c31-24-6-1-20(2-7-24)18-37-27-12-10-26(11-13-27)35-30(36)23(17-34)15-22-5-14-29(28(33)16-22)38-19-21-3-8-25(32)9-4-21/h1-16H,18-19H2,(H,35,36)/b23-15+. The fourth-order valence-corrected chi connectivity index (χ4v) is 3.99. The topological polar surface area (TPSA) is 71.3 Å². The van der Waals surface area contributed by atoms with E-state index in [4.69, 9.17) is 32.7 Å². The minimum absolute atomic E-state index is 0.0635. The zero-order valence-electron chi connectivity index (χ0n) is 20.0. The molecule has 0 heterocycles. The van der Waals surface area contributed by atoms with E-state index in [2.05, 4.69) is 21.2 Å². The molecule has 4 rings (SSSR count). The molecule has 190 valence electrons. The van der Waals surface area contributed by atoms with Crippen LogP contribution in [0, 0.1) is 11.3 Å². The Hall–Kier alpha value is -3.76. The van der Waals surface area contributed by atoms with Crippen LogP contribution in [-0.2, 0) is 18.0 Å². The summed E-state index contributed by atoms with van der Waals surface area (Å²) in [6.45, 7) is 0.750. The number of hydrogen-bond donors (Lipinski definition) is 1. The van der Waals surface area contributed by atoms with E-state index in [-0.39, 0.29) is 5.57 Å². The summed E-state index contributed by atoms with van der Waals surface area (Å²) in [5, 5.41) is 13.3. The Morgan fingerprint density at radius 2 is 1.50 bits per heavy atom. The van der Waals surface area contributed by atoms with Gasteiger partial charge in [0.05, 0.1) is 5.02 Å². The second-order valence-corrected chi connectivity index (χ2v) is 9.93. The van der Waals surface area contributed by atoms with Crippen molar-refractivity contribution in [1.82, 2.24) is 0 Å². The predicted molar refractivity (Wildman–Crippen MR) is 154 cm³/mol. The number of rotatable bonds is 9. The number of nitriles is 1. The lowest BCUT2D eigenvalue weighted by atomic mass is 10.1. The Morgan fingerprint density at radius 3 is 2.13 bits per heavy atom. The number of carbonyl (C=O) groups is 1. The molecule has 1 N–H and O–H groups in total. The SMILES string of the molecule is N#C/C(=C\c1ccc(OCc2ccc(Cl)cc2)c(Cl)c1)C(=O)Nc1ccc(OCc2ccc(Br)cc2)cc1. The zero-order valence-corrected chi connectivity index (χ0v) is 23.1. The van der Waals surface area contributed by atoms with E-state index in [1.54, 1.807) is 54.6 Å². The molecular weight excluding hydrogens is 587 g/mol. The van der Waals surface area contributed by atoms with Gasteiger partial charge in [0.25, 0.3) is 5.91 Å². The second kappa shape index (κ2) is 13.2. The third kappa shape index (κ3) is 7.87.